The molecule has 0 spiro atoms. The van der Waals surface area contributed by atoms with Gasteiger partial charge in [-0.05, 0) is 64.4 Å². The molecule has 0 saturated carbocycles. The first kappa shape index (κ1) is 29.8. The number of rotatable bonds is 7. The molecule has 2 aromatic carbocycles. The lowest BCUT2D eigenvalue weighted by atomic mass is 10.0. The molecule has 11 heteroatoms. The number of sulfonamides is 1. The van der Waals surface area contributed by atoms with Gasteiger partial charge in [0.1, 0.15) is 4.21 Å². The lowest BCUT2D eigenvalue weighted by Crippen LogP contribution is -2.45. The van der Waals surface area contributed by atoms with Crippen LogP contribution in [-0.4, -0.2) is 40.3 Å². The Morgan fingerprint density at radius 3 is 2.42 bits per heavy atom. The lowest BCUT2D eigenvalue weighted by Gasteiger charge is -2.31. The molecule has 0 aliphatic carbocycles. The van der Waals surface area contributed by atoms with E-state index in [0.29, 0.717) is 23.7 Å². The maximum atomic E-state index is 14.1. The minimum Gasteiger partial charge on any atom is -0.364 e. The van der Waals surface area contributed by atoms with Crippen molar-refractivity contribution in [1.29, 1.82) is 0 Å². The van der Waals surface area contributed by atoms with Crippen LogP contribution in [-0.2, 0) is 29.5 Å². The monoisotopic (exact) mass is 613 g/mol. The van der Waals surface area contributed by atoms with E-state index >= 15 is 0 Å². The fourth-order valence-electron chi connectivity index (χ4n) is 5.07. The van der Waals surface area contributed by atoms with E-state index in [1.165, 1.54) is 11.3 Å². The maximum Gasteiger partial charge on any atom is 0.253 e. The number of thiophene rings is 1. The van der Waals surface area contributed by atoms with Gasteiger partial charge in [0.2, 0.25) is 0 Å². The Morgan fingerprint density at radius 1 is 0.925 bits per heavy atom. The summed E-state index contributed by atoms with van der Waals surface area (Å²) in [6.07, 6.45) is 7.65. The average Bonchev–Trinajstić information content (AvgIpc) is 3.65. The highest BCUT2D eigenvalue weighted by Gasteiger charge is 2.37. The molecule has 0 unspecified atom stereocenters. The molecule has 1 N–H and O–H groups in total. The molecule has 0 radical (unpaired) electrons. The van der Waals surface area contributed by atoms with Crippen molar-refractivity contribution in [3.05, 3.63) is 120 Å². The first-order valence-corrected chi connectivity index (χ1v) is 14.7. The van der Waals surface area contributed by atoms with Crippen LogP contribution in [0, 0.1) is 0 Å². The first-order chi connectivity index (χ1) is 18.6. The van der Waals surface area contributed by atoms with Crippen LogP contribution < -0.4 is 4.90 Å². The van der Waals surface area contributed by atoms with Gasteiger partial charge in [-0.3, -0.25) is 4.98 Å². The fourth-order valence-corrected chi connectivity index (χ4v) is 7.78. The Bertz CT molecular complexity index is 1600. The van der Waals surface area contributed by atoms with E-state index in [0.717, 1.165) is 33.6 Å². The second kappa shape index (κ2) is 13.0. The minimum absolute atomic E-state index is 0. The molecule has 7 nitrogen and oxygen atoms in total. The standard InChI is InChI=1S/C29H27N5O2S2.2ClH/c35-38(36,29-7-4-14-37-29)34-18-25-16-24(23-10-12-30-13-11-23)8-9-28(25)33(19-26-17-31-21-32-26)20-27(34)15-22-5-2-1-3-6-22;;/h1-14,16-17,21,27H,15,18-20H2,(H,31,32);2*1H/t27-;;/m1../s1. The second-order valence-corrected chi connectivity index (χ2v) is 12.4. The molecule has 40 heavy (non-hydrogen) atoms. The minimum atomic E-state index is -3.72. The number of halogens is 2. The van der Waals surface area contributed by atoms with Gasteiger partial charge in [0.25, 0.3) is 10.0 Å². The number of benzene rings is 2. The van der Waals surface area contributed by atoms with E-state index in [1.54, 1.807) is 35.2 Å². The van der Waals surface area contributed by atoms with Crippen LogP contribution in [0.5, 0.6) is 0 Å². The Kier molecular flexibility index (Phi) is 9.65. The van der Waals surface area contributed by atoms with E-state index in [4.69, 9.17) is 0 Å². The maximum absolute atomic E-state index is 14.1. The number of H-pyrrole nitrogens is 1. The largest absolute Gasteiger partial charge is 0.364 e. The summed E-state index contributed by atoms with van der Waals surface area (Å²) in [6, 6.07) is 23.6. The van der Waals surface area contributed by atoms with E-state index in [-0.39, 0.29) is 37.4 Å². The number of imidazole rings is 1. The third-order valence-electron chi connectivity index (χ3n) is 6.89. The van der Waals surface area contributed by atoms with Gasteiger partial charge in [0.05, 0.1) is 18.6 Å². The lowest BCUT2D eigenvalue weighted by molar-refractivity contribution is 0.318. The van der Waals surface area contributed by atoms with Gasteiger partial charge in [-0.2, -0.15) is 4.31 Å². The summed E-state index contributed by atoms with van der Waals surface area (Å²) >= 11 is 1.26. The van der Waals surface area contributed by atoms with Gasteiger partial charge in [-0.15, -0.1) is 36.2 Å². The number of anilines is 1. The van der Waals surface area contributed by atoms with Crippen molar-refractivity contribution in [1.82, 2.24) is 19.3 Å². The Balaban J connectivity index is 0.00000185. The Labute approximate surface area is 250 Å². The van der Waals surface area contributed by atoms with Gasteiger partial charge < -0.3 is 9.88 Å². The van der Waals surface area contributed by atoms with Crippen LogP contribution in [0.2, 0.25) is 0 Å². The summed E-state index contributed by atoms with van der Waals surface area (Å²) in [7, 11) is -3.72. The fraction of sp³-hybridized carbons (Fsp3) is 0.172. The van der Waals surface area contributed by atoms with Crippen LogP contribution >= 0.6 is 36.2 Å². The first-order valence-electron chi connectivity index (χ1n) is 12.4. The van der Waals surface area contributed by atoms with Crippen LogP contribution in [0.25, 0.3) is 11.1 Å². The van der Waals surface area contributed by atoms with Crippen molar-refractivity contribution >= 4 is 51.9 Å². The number of aromatic nitrogens is 3. The SMILES string of the molecule is Cl.Cl.O=S(=O)(c1cccs1)N1Cc2cc(-c3ccncc3)ccc2N(Cc2cnc[nH]2)C[C@H]1Cc1ccccc1. The second-order valence-electron chi connectivity index (χ2n) is 9.36. The zero-order valence-corrected chi connectivity index (χ0v) is 24.7. The molecule has 0 saturated heterocycles. The summed E-state index contributed by atoms with van der Waals surface area (Å²) in [4.78, 5) is 13.8. The van der Waals surface area contributed by atoms with Gasteiger partial charge in [0.15, 0.2) is 0 Å². The molecule has 1 atom stereocenters. The number of fused-ring (bicyclic) bond motifs is 1. The van der Waals surface area contributed by atoms with Crippen LogP contribution in [0.3, 0.4) is 0 Å². The van der Waals surface area contributed by atoms with E-state index in [2.05, 4.69) is 50.2 Å². The molecule has 6 rings (SSSR count). The van der Waals surface area contributed by atoms with Gasteiger partial charge in [0, 0.05) is 43.4 Å². The van der Waals surface area contributed by atoms with Crippen molar-refractivity contribution in [2.45, 2.75) is 29.8 Å². The number of nitrogens with one attached hydrogen (secondary N) is 1. The van der Waals surface area contributed by atoms with Crippen LogP contribution in [0.4, 0.5) is 5.69 Å². The van der Waals surface area contributed by atoms with Crippen LogP contribution in [0.15, 0.2) is 107 Å². The average molecular weight is 615 g/mol. The van der Waals surface area contributed by atoms with Crippen molar-refractivity contribution < 1.29 is 8.42 Å². The molecule has 0 fully saturated rings. The summed E-state index contributed by atoms with van der Waals surface area (Å²) in [5, 5.41) is 1.82. The molecule has 5 aromatic rings. The van der Waals surface area contributed by atoms with E-state index in [1.807, 2.05) is 41.9 Å². The van der Waals surface area contributed by atoms with Gasteiger partial charge >= 0.3 is 0 Å². The predicted molar refractivity (Wildman–Crippen MR) is 165 cm³/mol. The topological polar surface area (TPSA) is 82.2 Å². The predicted octanol–water partition coefficient (Wildman–Crippen LogP) is 6.20. The highest BCUT2D eigenvalue weighted by atomic mass is 35.5. The molecule has 3 aromatic heterocycles. The van der Waals surface area contributed by atoms with Crippen molar-refractivity contribution in [3.8, 4) is 11.1 Å². The van der Waals surface area contributed by atoms with E-state index in [9.17, 15) is 8.42 Å². The van der Waals surface area contributed by atoms with Gasteiger partial charge in [-0.1, -0.05) is 42.5 Å². The smallest absolute Gasteiger partial charge is 0.253 e. The molecular weight excluding hydrogens is 585 g/mol. The summed E-state index contributed by atoms with van der Waals surface area (Å²) in [5.74, 6) is 0. The van der Waals surface area contributed by atoms with Crippen molar-refractivity contribution in [2.24, 2.45) is 0 Å². The molecule has 1 aliphatic rings. The number of nitrogens with zero attached hydrogens (tertiary/aromatic N) is 4. The molecule has 0 amide bonds. The normalized spacial score (nSPS) is 15.4. The van der Waals surface area contributed by atoms with E-state index < -0.39 is 10.0 Å². The number of aromatic amines is 1. The number of hydrogen-bond donors (Lipinski definition) is 1. The third-order valence-corrected chi connectivity index (χ3v) is 10.2. The van der Waals surface area contributed by atoms with Crippen molar-refractivity contribution in [2.75, 3.05) is 11.4 Å². The number of hydrogen-bond acceptors (Lipinski definition) is 6. The van der Waals surface area contributed by atoms with Gasteiger partial charge in [-0.25, -0.2) is 13.4 Å². The van der Waals surface area contributed by atoms with Crippen molar-refractivity contribution in [3.63, 3.8) is 0 Å². The summed E-state index contributed by atoms with van der Waals surface area (Å²) in [6.45, 7) is 1.42. The zero-order chi connectivity index (χ0) is 26.0. The Hall–Kier alpha value is -3.21. The summed E-state index contributed by atoms with van der Waals surface area (Å²) < 4.78 is 30.2. The molecule has 208 valence electrons. The highest BCUT2D eigenvalue weighted by Crippen LogP contribution is 2.36. The molecular formula is C29H29Cl2N5O2S2. The quantitative estimate of drug-likeness (QED) is 0.236. The highest BCUT2D eigenvalue weighted by molar-refractivity contribution is 7.91. The zero-order valence-electron chi connectivity index (χ0n) is 21.5. The van der Waals surface area contributed by atoms with Crippen LogP contribution in [0.1, 0.15) is 16.8 Å². The third kappa shape index (κ3) is 6.24. The Morgan fingerprint density at radius 2 is 1.73 bits per heavy atom. The molecule has 4 heterocycles. The molecule has 0 bridgehead atoms. The number of pyridine rings is 1. The molecule has 1 aliphatic heterocycles. The summed E-state index contributed by atoms with van der Waals surface area (Å²) in [5.41, 5.74) is 6.15.